The molecule has 0 saturated carbocycles. The maximum Gasteiger partial charge on any atom is 0.160 e. The van der Waals surface area contributed by atoms with Gasteiger partial charge in [0.1, 0.15) is 23.2 Å². The second-order valence-electron chi connectivity index (χ2n) is 11.7. The van der Waals surface area contributed by atoms with E-state index in [2.05, 4.69) is 96.3 Å². The molecule has 6 aromatic carbocycles. The van der Waals surface area contributed by atoms with E-state index in [-0.39, 0.29) is 6.17 Å². The maximum atomic E-state index is 6.12. The first-order valence-electron chi connectivity index (χ1n) is 15.7. The number of rotatable bonds is 5. The normalized spacial score (nSPS) is 14.6. The number of fused-ring (bicyclic) bond motifs is 4. The third-order valence-corrected chi connectivity index (χ3v) is 8.83. The number of para-hydroxylation sites is 1. The Hall–Kier alpha value is -6.33. The highest BCUT2D eigenvalue weighted by Crippen LogP contribution is 2.37. The van der Waals surface area contributed by atoms with E-state index in [0.29, 0.717) is 5.84 Å². The molecule has 47 heavy (non-hydrogen) atoms. The van der Waals surface area contributed by atoms with Crippen molar-refractivity contribution in [3.8, 4) is 22.4 Å². The van der Waals surface area contributed by atoms with Crippen LogP contribution in [0.15, 0.2) is 172 Å². The zero-order valence-electron chi connectivity index (χ0n) is 25.3. The van der Waals surface area contributed by atoms with Gasteiger partial charge in [0.05, 0.1) is 11.1 Å². The summed E-state index contributed by atoms with van der Waals surface area (Å²) in [7, 11) is 0. The molecule has 3 heterocycles. The Balaban J connectivity index is 1.14. The number of aromatic nitrogens is 1. The van der Waals surface area contributed by atoms with Gasteiger partial charge in [0.2, 0.25) is 0 Å². The van der Waals surface area contributed by atoms with Crippen LogP contribution in [-0.2, 0) is 0 Å². The van der Waals surface area contributed by atoms with Gasteiger partial charge in [-0.25, -0.2) is 9.98 Å². The van der Waals surface area contributed by atoms with Gasteiger partial charge < -0.3 is 9.73 Å². The summed E-state index contributed by atoms with van der Waals surface area (Å²) < 4.78 is 6.12. The van der Waals surface area contributed by atoms with Crippen LogP contribution in [-0.4, -0.2) is 16.7 Å². The second kappa shape index (κ2) is 11.2. The molecule has 9 rings (SSSR count). The minimum atomic E-state index is -0.254. The van der Waals surface area contributed by atoms with Crippen molar-refractivity contribution in [1.82, 2.24) is 10.3 Å². The van der Waals surface area contributed by atoms with Crippen LogP contribution >= 0.6 is 0 Å². The number of benzene rings is 6. The highest BCUT2D eigenvalue weighted by molar-refractivity contribution is 6.19. The Morgan fingerprint density at radius 1 is 0.511 bits per heavy atom. The fraction of sp³-hybridized carbons (Fsp3) is 0.0238. The molecule has 1 atom stereocenters. The number of pyridine rings is 1. The van der Waals surface area contributed by atoms with Crippen molar-refractivity contribution in [1.29, 1.82) is 0 Å². The molecule has 5 heteroatoms. The monoisotopic (exact) mass is 604 g/mol. The number of nitrogens with one attached hydrogen (secondary N) is 1. The highest BCUT2D eigenvalue weighted by atomic mass is 16.3. The average Bonchev–Trinajstić information content (AvgIpc) is 3.54. The van der Waals surface area contributed by atoms with Gasteiger partial charge in [0.15, 0.2) is 5.84 Å². The molecule has 0 bridgehead atoms. The number of nitrogens with zero attached hydrogens (tertiary/aromatic N) is 3. The van der Waals surface area contributed by atoms with Crippen molar-refractivity contribution >= 4 is 44.4 Å². The van der Waals surface area contributed by atoms with Crippen LogP contribution in [0.25, 0.3) is 55.1 Å². The lowest BCUT2D eigenvalue weighted by Gasteiger charge is -2.24. The lowest BCUT2D eigenvalue weighted by molar-refractivity contribution is 0.668. The third kappa shape index (κ3) is 4.77. The molecule has 0 spiro atoms. The lowest BCUT2D eigenvalue weighted by Crippen LogP contribution is -2.33. The molecule has 0 amide bonds. The van der Waals surface area contributed by atoms with Gasteiger partial charge in [-0.2, -0.15) is 0 Å². The Labute approximate surface area is 271 Å². The molecule has 2 aromatic heterocycles. The van der Waals surface area contributed by atoms with Gasteiger partial charge >= 0.3 is 0 Å². The molecule has 0 radical (unpaired) electrons. The van der Waals surface area contributed by atoms with Crippen molar-refractivity contribution in [2.24, 2.45) is 9.98 Å². The SMILES string of the molecule is c1ccc(C2=NC(c3ccc(-c4ccc(-c5nccc6oc7ccccc7c56)cc4)c4ccccc34)=NC(c3ccccc3)N2)cc1. The van der Waals surface area contributed by atoms with E-state index < -0.39 is 0 Å². The van der Waals surface area contributed by atoms with E-state index >= 15 is 0 Å². The van der Waals surface area contributed by atoms with Crippen LogP contribution in [0.1, 0.15) is 22.9 Å². The van der Waals surface area contributed by atoms with Crippen molar-refractivity contribution in [3.63, 3.8) is 0 Å². The summed E-state index contributed by atoms with van der Waals surface area (Å²) in [6, 6.07) is 52.1. The van der Waals surface area contributed by atoms with Gasteiger partial charge in [0.25, 0.3) is 0 Å². The molecule has 0 saturated heterocycles. The predicted octanol–water partition coefficient (Wildman–Crippen LogP) is 9.96. The highest BCUT2D eigenvalue weighted by Gasteiger charge is 2.22. The van der Waals surface area contributed by atoms with Gasteiger partial charge in [0, 0.05) is 28.3 Å². The smallest absolute Gasteiger partial charge is 0.160 e. The minimum absolute atomic E-state index is 0.254. The first-order valence-corrected chi connectivity index (χ1v) is 15.7. The van der Waals surface area contributed by atoms with Crippen LogP contribution < -0.4 is 5.32 Å². The van der Waals surface area contributed by atoms with Crippen LogP contribution in [0.5, 0.6) is 0 Å². The molecule has 1 aliphatic rings. The van der Waals surface area contributed by atoms with E-state index in [1.54, 1.807) is 0 Å². The van der Waals surface area contributed by atoms with Gasteiger partial charge in [-0.05, 0) is 45.7 Å². The third-order valence-electron chi connectivity index (χ3n) is 8.83. The predicted molar refractivity (Wildman–Crippen MR) is 192 cm³/mol. The molecule has 1 N–H and O–H groups in total. The van der Waals surface area contributed by atoms with Crippen molar-refractivity contribution in [2.45, 2.75) is 6.17 Å². The fourth-order valence-electron chi connectivity index (χ4n) is 6.56. The van der Waals surface area contributed by atoms with E-state index in [1.165, 1.54) is 0 Å². The Morgan fingerprint density at radius 3 is 1.94 bits per heavy atom. The average molecular weight is 605 g/mol. The summed E-state index contributed by atoms with van der Waals surface area (Å²) in [5, 5.41) is 7.93. The van der Waals surface area contributed by atoms with Crippen LogP contribution in [0, 0.1) is 0 Å². The summed E-state index contributed by atoms with van der Waals surface area (Å²) in [5.41, 5.74) is 9.07. The number of hydrogen-bond donors (Lipinski definition) is 1. The molecule has 222 valence electrons. The molecule has 8 aromatic rings. The Morgan fingerprint density at radius 2 is 1.15 bits per heavy atom. The Bertz CT molecular complexity index is 2480. The molecule has 0 aliphatic carbocycles. The number of amidine groups is 2. The first kappa shape index (κ1) is 27.0. The van der Waals surface area contributed by atoms with E-state index in [9.17, 15) is 0 Å². The van der Waals surface area contributed by atoms with Gasteiger partial charge in [-0.3, -0.25) is 4.98 Å². The summed E-state index contributed by atoms with van der Waals surface area (Å²) in [4.78, 5) is 15.0. The van der Waals surface area contributed by atoms with Crippen molar-refractivity contribution in [2.75, 3.05) is 0 Å². The molecular weight excluding hydrogens is 576 g/mol. The van der Waals surface area contributed by atoms with Crippen molar-refractivity contribution in [3.05, 3.63) is 175 Å². The van der Waals surface area contributed by atoms with Crippen LogP contribution in [0.4, 0.5) is 0 Å². The molecule has 1 aliphatic heterocycles. The molecule has 5 nitrogen and oxygen atoms in total. The quantitative estimate of drug-likeness (QED) is 0.213. The van der Waals surface area contributed by atoms with Crippen LogP contribution in [0.3, 0.4) is 0 Å². The standard InChI is InChI=1S/C42H28N4O/c1-3-11-29(12-4-1)40-44-41(30-13-5-2-6-14-30)46-42(45-40)34-24-23-31(32-15-7-8-16-33(32)34)27-19-21-28(22-20-27)39-38-35-17-9-10-18-36(35)47-37(38)25-26-43-39/h1-26,40H,(H,44,45,46). The van der Waals surface area contributed by atoms with Gasteiger partial charge in [-0.1, -0.05) is 133 Å². The number of furan rings is 1. The number of hydrogen-bond acceptors (Lipinski definition) is 5. The number of aliphatic imine (C=N–C) groups is 2. The fourth-order valence-corrected chi connectivity index (χ4v) is 6.56. The van der Waals surface area contributed by atoms with E-state index in [1.807, 2.05) is 66.9 Å². The van der Waals surface area contributed by atoms with Crippen molar-refractivity contribution < 1.29 is 4.42 Å². The Kier molecular flexibility index (Phi) is 6.46. The second-order valence-corrected chi connectivity index (χ2v) is 11.7. The first-order chi connectivity index (χ1) is 23.3. The van der Waals surface area contributed by atoms with E-state index in [4.69, 9.17) is 19.4 Å². The maximum absolute atomic E-state index is 6.12. The lowest BCUT2D eigenvalue weighted by atomic mass is 9.93. The molecule has 0 fully saturated rings. The molecule has 1 unspecified atom stereocenters. The van der Waals surface area contributed by atoms with E-state index in [0.717, 1.165) is 77.6 Å². The summed E-state index contributed by atoms with van der Waals surface area (Å²) in [6.45, 7) is 0. The topological polar surface area (TPSA) is 62.8 Å². The molecular formula is C42H28N4O. The van der Waals surface area contributed by atoms with Crippen LogP contribution in [0.2, 0.25) is 0 Å². The summed E-state index contributed by atoms with van der Waals surface area (Å²) in [6.07, 6.45) is 1.56. The zero-order valence-corrected chi connectivity index (χ0v) is 25.3. The largest absolute Gasteiger partial charge is 0.456 e. The summed E-state index contributed by atoms with van der Waals surface area (Å²) >= 11 is 0. The summed E-state index contributed by atoms with van der Waals surface area (Å²) in [5.74, 6) is 1.52. The van der Waals surface area contributed by atoms with Gasteiger partial charge in [-0.15, -0.1) is 0 Å². The minimum Gasteiger partial charge on any atom is -0.456 e. The zero-order chi connectivity index (χ0) is 31.2.